The number of azo groups is 1. The fourth-order valence-electron chi connectivity index (χ4n) is 5.10. The van der Waals surface area contributed by atoms with E-state index in [4.69, 9.17) is 14.7 Å². The molecule has 1 aromatic carbocycles. The molecule has 14 heteroatoms. The van der Waals surface area contributed by atoms with Crippen LogP contribution in [0, 0.1) is 32.1 Å². The number of hydrogen-bond donors (Lipinski definition) is 2. The van der Waals surface area contributed by atoms with Crippen LogP contribution in [0.5, 0.6) is 0 Å². The molecule has 1 unspecified atom stereocenters. The number of anilines is 4. The Balaban J connectivity index is 1.88. The molecule has 3 aromatic heterocycles. The summed E-state index contributed by atoms with van der Waals surface area (Å²) in [6.45, 7) is 10.7. The third kappa shape index (κ3) is 7.44. The molecular formula is C31H38N12O2. The number of nitrogens with one attached hydrogen (secondary N) is 2. The molecule has 3 heterocycles. The van der Waals surface area contributed by atoms with Crippen molar-refractivity contribution in [3.05, 3.63) is 58.5 Å². The van der Waals surface area contributed by atoms with Crippen LogP contribution in [0.2, 0.25) is 0 Å². The lowest BCUT2D eigenvalue weighted by atomic mass is 10.0. The van der Waals surface area contributed by atoms with Crippen LogP contribution >= 0.6 is 0 Å². The molecule has 0 bridgehead atoms. The molecular weight excluding hydrogens is 572 g/mol. The second-order valence-electron chi connectivity index (χ2n) is 10.5. The van der Waals surface area contributed by atoms with Gasteiger partial charge in [0, 0.05) is 51.2 Å². The highest BCUT2D eigenvalue weighted by molar-refractivity contribution is 5.78. The van der Waals surface area contributed by atoms with Crippen molar-refractivity contribution in [1.29, 1.82) is 5.26 Å². The molecule has 0 spiro atoms. The van der Waals surface area contributed by atoms with Crippen molar-refractivity contribution in [2.75, 3.05) is 42.8 Å². The number of aryl methyl sites for hydroxylation is 3. The van der Waals surface area contributed by atoms with E-state index < -0.39 is 0 Å². The zero-order valence-electron chi connectivity index (χ0n) is 26.7. The number of aromatic nitrogens is 6. The van der Waals surface area contributed by atoms with Crippen molar-refractivity contribution in [3.8, 4) is 12.0 Å². The summed E-state index contributed by atoms with van der Waals surface area (Å²) in [5.74, 6) is 1.56. The van der Waals surface area contributed by atoms with Gasteiger partial charge >= 0.3 is 0 Å². The molecule has 2 N–H and O–H groups in total. The van der Waals surface area contributed by atoms with E-state index in [0.29, 0.717) is 48.8 Å². The van der Waals surface area contributed by atoms with Crippen LogP contribution < -0.4 is 15.5 Å². The average Bonchev–Trinajstić information content (AvgIpc) is 3.38. The Kier molecular flexibility index (Phi) is 10.8. The first-order chi connectivity index (χ1) is 21.7. The van der Waals surface area contributed by atoms with Gasteiger partial charge in [-0.05, 0) is 51.3 Å². The Hall–Kier alpha value is -5.29. The first-order valence-corrected chi connectivity index (χ1v) is 14.6. The molecule has 0 radical (unpaired) electrons. The second-order valence-corrected chi connectivity index (χ2v) is 10.5. The Morgan fingerprint density at radius 1 is 1.13 bits per heavy atom. The summed E-state index contributed by atoms with van der Waals surface area (Å²) in [5.41, 5.74) is 5.44. The molecule has 0 aliphatic carbocycles. The number of nitriles is 1. The highest BCUT2D eigenvalue weighted by atomic mass is 16.5. The average molecular weight is 611 g/mol. The topological polar surface area (TPSA) is 171 Å². The van der Waals surface area contributed by atoms with E-state index in [2.05, 4.69) is 74.9 Å². The number of benzene rings is 1. The van der Waals surface area contributed by atoms with Gasteiger partial charge in [-0.15, -0.1) is 15.3 Å². The van der Waals surface area contributed by atoms with Crippen molar-refractivity contribution >= 4 is 41.1 Å². The van der Waals surface area contributed by atoms with Crippen LogP contribution in [0.1, 0.15) is 48.2 Å². The maximum absolute atomic E-state index is 11.2. The first-order valence-electron chi connectivity index (χ1n) is 14.6. The quantitative estimate of drug-likeness (QED) is 0.106. The standard InChI is InChI=1S/C31H38N12O2/c1-8-24-23(17-32)27(41-43(24)30-34-11-9-12-35-30)40-39-25-28(33-13-10-14-44)37-31(38-29(25)36-22(5)18-45-7)42(6)26-20(3)15-19(2)16-21(26)4/h9,11-12,14-16,22H,8,10,13,18H2,1-7H3,(H2,33,36,37,38). The third-order valence-corrected chi connectivity index (χ3v) is 6.89. The highest BCUT2D eigenvalue weighted by Crippen LogP contribution is 2.38. The lowest BCUT2D eigenvalue weighted by molar-refractivity contribution is -0.107. The number of hydrogen-bond acceptors (Lipinski definition) is 13. The molecule has 4 rings (SSSR count). The Bertz CT molecular complexity index is 1690. The number of carbonyl (C=O) groups excluding carboxylic acids is 1. The van der Waals surface area contributed by atoms with Crippen LogP contribution in [0.4, 0.5) is 34.8 Å². The fourth-order valence-corrected chi connectivity index (χ4v) is 5.10. The van der Waals surface area contributed by atoms with E-state index in [1.807, 2.05) is 25.8 Å². The Labute approximate surface area is 262 Å². The summed E-state index contributed by atoms with van der Waals surface area (Å²) in [6.07, 6.45) is 4.77. The van der Waals surface area contributed by atoms with Gasteiger partial charge in [0.25, 0.3) is 5.95 Å². The molecule has 0 fully saturated rings. The number of rotatable bonds is 14. The van der Waals surface area contributed by atoms with Crippen LogP contribution in [0.3, 0.4) is 0 Å². The van der Waals surface area contributed by atoms with Crippen LogP contribution in [-0.2, 0) is 16.0 Å². The zero-order valence-corrected chi connectivity index (χ0v) is 26.7. The Morgan fingerprint density at radius 3 is 2.44 bits per heavy atom. The number of carbonyl (C=O) groups is 1. The summed E-state index contributed by atoms with van der Waals surface area (Å²) in [4.78, 5) is 31.4. The maximum Gasteiger partial charge on any atom is 0.250 e. The van der Waals surface area contributed by atoms with Gasteiger partial charge in [0.1, 0.15) is 17.9 Å². The molecule has 0 amide bonds. The lowest BCUT2D eigenvalue weighted by Gasteiger charge is -2.25. The molecule has 45 heavy (non-hydrogen) atoms. The molecule has 1 atom stereocenters. The summed E-state index contributed by atoms with van der Waals surface area (Å²) in [5, 5.41) is 30.1. The zero-order chi connectivity index (χ0) is 32.5. The van der Waals surface area contributed by atoms with Crippen molar-refractivity contribution in [3.63, 3.8) is 0 Å². The van der Waals surface area contributed by atoms with Crippen molar-refractivity contribution in [2.45, 2.75) is 53.5 Å². The predicted octanol–water partition coefficient (Wildman–Crippen LogP) is 5.44. The second kappa shape index (κ2) is 14.9. The predicted molar refractivity (Wildman–Crippen MR) is 172 cm³/mol. The van der Waals surface area contributed by atoms with Crippen LogP contribution in [0.25, 0.3) is 5.95 Å². The van der Waals surface area contributed by atoms with Gasteiger partial charge in [0.05, 0.1) is 12.3 Å². The lowest BCUT2D eigenvalue weighted by Crippen LogP contribution is -2.23. The minimum Gasteiger partial charge on any atom is -0.383 e. The molecule has 14 nitrogen and oxygen atoms in total. The van der Waals surface area contributed by atoms with E-state index in [1.54, 1.807) is 25.6 Å². The van der Waals surface area contributed by atoms with Gasteiger partial charge < -0.3 is 25.1 Å². The van der Waals surface area contributed by atoms with Gasteiger partial charge in [0.2, 0.25) is 11.8 Å². The van der Waals surface area contributed by atoms with E-state index >= 15 is 0 Å². The van der Waals surface area contributed by atoms with Gasteiger partial charge in [-0.1, -0.05) is 24.6 Å². The van der Waals surface area contributed by atoms with Crippen LogP contribution in [0.15, 0.2) is 40.8 Å². The molecule has 0 saturated carbocycles. The van der Waals surface area contributed by atoms with Crippen LogP contribution in [-0.4, -0.2) is 69.4 Å². The summed E-state index contributed by atoms with van der Waals surface area (Å²) in [7, 11) is 3.53. The number of aldehydes is 1. The van der Waals surface area contributed by atoms with Crippen molar-refractivity contribution < 1.29 is 9.53 Å². The summed E-state index contributed by atoms with van der Waals surface area (Å²) in [6, 6.07) is 7.97. The molecule has 0 aliphatic heterocycles. The molecule has 234 valence electrons. The monoisotopic (exact) mass is 610 g/mol. The molecule has 4 aromatic rings. The normalized spacial score (nSPS) is 11.8. The number of ether oxygens (including phenoxy) is 1. The smallest absolute Gasteiger partial charge is 0.250 e. The van der Waals surface area contributed by atoms with Gasteiger partial charge in [-0.3, -0.25) is 0 Å². The van der Waals surface area contributed by atoms with Gasteiger partial charge in [0.15, 0.2) is 17.3 Å². The van der Waals surface area contributed by atoms with E-state index in [0.717, 1.165) is 28.7 Å². The summed E-state index contributed by atoms with van der Waals surface area (Å²) >= 11 is 0. The van der Waals surface area contributed by atoms with Gasteiger partial charge in [-0.25, -0.2) is 9.97 Å². The molecule has 0 aliphatic rings. The number of methoxy groups -OCH3 is 1. The highest BCUT2D eigenvalue weighted by Gasteiger charge is 2.23. The largest absolute Gasteiger partial charge is 0.383 e. The summed E-state index contributed by atoms with van der Waals surface area (Å²) < 4.78 is 6.86. The van der Waals surface area contributed by atoms with E-state index in [1.165, 1.54) is 4.68 Å². The SMILES string of the molecule is CCc1c(C#N)c(N=Nc2c(NCCC=O)nc(N(C)c3c(C)cc(C)cc3C)nc2NC(C)COC)nn1-c1ncccn1. The van der Waals surface area contributed by atoms with Crippen molar-refractivity contribution in [1.82, 2.24) is 29.7 Å². The van der Waals surface area contributed by atoms with E-state index in [-0.39, 0.29) is 29.5 Å². The molecule has 0 saturated heterocycles. The third-order valence-electron chi connectivity index (χ3n) is 6.89. The maximum atomic E-state index is 11.2. The first kappa shape index (κ1) is 32.6. The van der Waals surface area contributed by atoms with Gasteiger partial charge in [-0.2, -0.15) is 19.9 Å². The minimum atomic E-state index is -0.154. The fraction of sp³-hybridized carbons (Fsp3) is 0.387. The Morgan fingerprint density at radius 2 is 1.82 bits per heavy atom. The number of nitrogens with zero attached hydrogens (tertiary/aromatic N) is 10. The van der Waals surface area contributed by atoms with Crippen molar-refractivity contribution in [2.24, 2.45) is 10.2 Å². The minimum absolute atomic E-state index is 0.101. The van der Waals surface area contributed by atoms with E-state index in [9.17, 15) is 10.1 Å².